The van der Waals surface area contributed by atoms with Crippen LogP contribution in [0.4, 0.5) is 5.69 Å². The number of carbonyl (C=O) groups excluding carboxylic acids is 2. The standard InChI is InChI=1S/C18H25N3O3/c1-12(22)21(15-6-7-15)11-13-2-4-14(5-3-13)20-18(23)17-9-8-16(10-19)24-17/h2-5,15-17H,6-11,19H2,1H3,(H,20,23)/t16-,17+/m1/s1. The van der Waals surface area contributed by atoms with Crippen molar-refractivity contribution in [3.63, 3.8) is 0 Å². The molecule has 0 unspecified atom stereocenters. The van der Waals surface area contributed by atoms with Crippen molar-refractivity contribution >= 4 is 17.5 Å². The molecule has 130 valence electrons. The molecule has 1 saturated carbocycles. The zero-order valence-electron chi connectivity index (χ0n) is 14.0. The lowest BCUT2D eigenvalue weighted by molar-refractivity contribution is -0.130. The quantitative estimate of drug-likeness (QED) is 0.830. The SMILES string of the molecule is CC(=O)N(Cc1ccc(NC(=O)[C@@H]2CC[C@H](CN)O2)cc1)C1CC1. The van der Waals surface area contributed by atoms with Gasteiger partial charge in [0.2, 0.25) is 5.91 Å². The first-order valence-corrected chi connectivity index (χ1v) is 8.59. The predicted octanol–water partition coefficient (Wildman–Crippen LogP) is 1.64. The molecular weight excluding hydrogens is 306 g/mol. The summed E-state index contributed by atoms with van der Waals surface area (Å²) in [6.07, 6.45) is 3.30. The van der Waals surface area contributed by atoms with Crippen LogP contribution in [0, 0.1) is 0 Å². The zero-order chi connectivity index (χ0) is 17.1. The Morgan fingerprint density at radius 1 is 1.21 bits per heavy atom. The van der Waals surface area contributed by atoms with Crippen LogP contribution in [0.1, 0.15) is 38.2 Å². The van der Waals surface area contributed by atoms with Crippen LogP contribution in [0.15, 0.2) is 24.3 Å². The molecule has 1 aromatic rings. The Balaban J connectivity index is 1.54. The highest BCUT2D eigenvalue weighted by molar-refractivity contribution is 5.94. The molecule has 0 radical (unpaired) electrons. The first-order valence-electron chi connectivity index (χ1n) is 8.59. The number of nitrogens with two attached hydrogens (primary N) is 1. The third-order valence-electron chi connectivity index (χ3n) is 4.63. The number of ether oxygens (including phenoxy) is 1. The highest BCUT2D eigenvalue weighted by atomic mass is 16.5. The van der Waals surface area contributed by atoms with Crippen molar-refractivity contribution in [2.75, 3.05) is 11.9 Å². The van der Waals surface area contributed by atoms with Gasteiger partial charge in [-0.25, -0.2) is 0 Å². The number of amides is 2. The maximum absolute atomic E-state index is 12.2. The molecule has 0 spiro atoms. The highest BCUT2D eigenvalue weighted by Crippen LogP contribution is 2.28. The van der Waals surface area contributed by atoms with Gasteiger partial charge in [-0.3, -0.25) is 9.59 Å². The van der Waals surface area contributed by atoms with E-state index in [0.29, 0.717) is 25.6 Å². The first-order chi connectivity index (χ1) is 11.6. The Hall–Kier alpha value is -1.92. The van der Waals surface area contributed by atoms with Gasteiger partial charge in [0.05, 0.1) is 6.10 Å². The molecule has 0 aromatic heterocycles. The number of hydrogen-bond acceptors (Lipinski definition) is 4. The van der Waals surface area contributed by atoms with Gasteiger partial charge in [-0.1, -0.05) is 12.1 Å². The molecule has 6 nitrogen and oxygen atoms in total. The molecule has 1 aliphatic carbocycles. The lowest BCUT2D eigenvalue weighted by Crippen LogP contribution is -2.30. The van der Waals surface area contributed by atoms with E-state index in [2.05, 4.69) is 5.32 Å². The van der Waals surface area contributed by atoms with Crippen molar-refractivity contribution in [3.8, 4) is 0 Å². The Morgan fingerprint density at radius 2 is 1.92 bits per heavy atom. The van der Waals surface area contributed by atoms with Gasteiger partial charge < -0.3 is 20.7 Å². The van der Waals surface area contributed by atoms with Crippen LogP contribution in [0.2, 0.25) is 0 Å². The third-order valence-corrected chi connectivity index (χ3v) is 4.63. The normalized spacial score (nSPS) is 23.1. The van der Waals surface area contributed by atoms with E-state index in [-0.39, 0.29) is 17.9 Å². The minimum atomic E-state index is -0.415. The van der Waals surface area contributed by atoms with Crippen molar-refractivity contribution in [2.24, 2.45) is 5.73 Å². The average molecular weight is 331 g/mol. The summed E-state index contributed by atoms with van der Waals surface area (Å²) in [4.78, 5) is 25.8. The van der Waals surface area contributed by atoms with E-state index in [1.54, 1.807) is 6.92 Å². The fraction of sp³-hybridized carbons (Fsp3) is 0.556. The average Bonchev–Trinajstić information content (AvgIpc) is 3.29. The van der Waals surface area contributed by atoms with Crippen LogP contribution in [0.3, 0.4) is 0 Å². The summed E-state index contributed by atoms with van der Waals surface area (Å²) < 4.78 is 5.60. The maximum Gasteiger partial charge on any atom is 0.253 e. The molecule has 1 aromatic carbocycles. The highest BCUT2D eigenvalue weighted by Gasteiger charge is 2.31. The van der Waals surface area contributed by atoms with Gasteiger partial charge in [0.25, 0.3) is 5.91 Å². The van der Waals surface area contributed by atoms with Gasteiger partial charge in [0.15, 0.2) is 0 Å². The Bertz CT molecular complexity index is 598. The van der Waals surface area contributed by atoms with E-state index >= 15 is 0 Å². The smallest absolute Gasteiger partial charge is 0.253 e. The molecule has 1 aliphatic heterocycles. The predicted molar refractivity (Wildman–Crippen MR) is 91.3 cm³/mol. The zero-order valence-corrected chi connectivity index (χ0v) is 14.0. The number of nitrogens with zero attached hydrogens (tertiary/aromatic N) is 1. The van der Waals surface area contributed by atoms with Gasteiger partial charge in [0, 0.05) is 31.7 Å². The van der Waals surface area contributed by atoms with E-state index in [1.807, 2.05) is 29.2 Å². The largest absolute Gasteiger partial charge is 0.364 e. The summed E-state index contributed by atoms with van der Waals surface area (Å²) in [5, 5.41) is 2.88. The Morgan fingerprint density at radius 3 is 2.46 bits per heavy atom. The van der Waals surface area contributed by atoms with Crippen molar-refractivity contribution < 1.29 is 14.3 Å². The van der Waals surface area contributed by atoms with Crippen molar-refractivity contribution in [2.45, 2.75) is 57.4 Å². The van der Waals surface area contributed by atoms with Crippen molar-refractivity contribution in [3.05, 3.63) is 29.8 Å². The van der Waals surface area contributed by atoms with Crippen LogP contribution >= 0.6 is 0 Å². The summed E-state index contributed by atoms with van der Waals surface area (Å²) in [7, 11) is 0. The van der Waals surface area contributed by atoms with Crippen molar-refractivity contribution in [1.29, 1.82) is 0 Å². The topological polar surface area (TPSA) is 84.7 Å². The van der Waals surface area contributed by atoms with Gasteiger partial charge in [-0.15, -0.1) is 0 Å². The molecule has 3 rings (SSSR count). The Labute approximate surface area is 142 Å². The fourth-order valence-electron chi connectivity index (χ4n) is 3.07. The molecule has 24 heavy (non-hydrogen) atoms. The van der Waals surface area contributed by atoms with Gasteiger partial charge in [-0.05, 0) is 43.4 Å². The number of hydrogen-bond donors (Lipinski definition) is 2. The van der Waals surface area contributed by atoms with Gasteiger partial charge in [0.1, 0.15) is 6.10 Å². The summed E-state index contributed by atoms with van der Waals surface area (Å²) in [6, 6.07) is 8.04. The van der Waals surface area contributed by atoms with E-state index in [1.165, 1.54) is 0 Å². The summed E-state index contributed by atoms with van der Waals surface area (Å²) >= 11 is 0. The van der Waals surface area contributed by atoms with Crippen LogP contribution in [0.25, 0.3) is 0 Å². The second-order valence-electron chi connectivity index (χ2n) is 6.62. The minimum Gasteiger partial charge on any atom is -0.364 e. The second kappa shape index (κ2) is 7.32. The van der Waals surface area contributed by atoms with E-state index in [9.17, 15) is 9.59 Å². The summed E-state index contributed by atoms with van der Waals surface area (Å²) in [5.41, 5.74) is 7.37. The summed E-state index contributed by atoms with van der Waals surface area (Å²) in [6.45, 7) is 2.69. The molecule has 2 fully saturated rings. The molecular formula is C18H25N3O3. The molecule has 1 heterocycles. The van der Waals surface area contributed by atoms with Gasteiger partial charge in [-0.2, -0.15) is 0 Å². The van der Waals surface area contributed by atoms with Crippen LogP contribution < -0.4 is 11.1 Å². The first kappa shape index (κ1) is 16.9. The maximum atomic E-state index is 12.2. The van der Waals surface area contributed by atoms with Crippen molar-refractivity contribution in [1.82, 2.24) is 4.90 Å². The molecule has 6 heteroatoms. The second-order valence-corrected chi connectivity index (χ2v) is 6.62. The lowest BCUT2D eigenvalue weighted by Gasteiger charge is -2.20. The number of rotatable bonds is 6. The van der Waals surface area contributed by atoms with Gasteiger partial charge >= 0.3 is 0 Å². The molecule has 1 saturated heterocycles. The number of anilines is 1. The lowest BCUT2D eigenvalue weighted by atomic mass is 10.1. The minimum absolute atomic E-state index is 0.0110. The molecule has 0 bridgehead atoms. The van der Waals surface area contributed by atoms with Crippen LogP contribution in [-0.4, -0.2) is 41.5 Å². The Kier molecular flexibility index (Phi) is 5.16. The number of nitrogens with one attached hydrogen (secondary N) is 1. The van der Waals surface area contributed by atoms with Crippen LogP contribution in [-0.2, 0) is 20.9 Å². The molecule has 2 amide bonds. The fourth-order valence-corrected chi connectivity index (χ4v) is 3.07. The van der Waals surface area contributed by atoms with E-state index < -0.39 is 6.10 Å². The summed E-state index contributed by atoms with van der Waals surface area (Å²) in [5.74, 6) is -0.00948. The molecule has 2 aliphatic rings. The molecule has 3 N–H and O–H groups in total. The van der Waals surface area contributed by atoms with Crippen LogP contribution in [0.5, 0.6) is 0 Å². The number of carbonyl (C=O) groups is 2. The third kappa shape index (κ3) is 4.13. The van der Waals surface area contributed by atoms with E-state index in [4.69, 9.17) is 10.5 Å². The number of benzene rings is 1. The monoisotopic (exact) mass is 331 g/mol. The van der Waals surface area contributed by atoms with E-state index in [0.717, 1.165) is 30.5 Å². The molecule has 2 atom stereocenters.